The summed E-state index contributed by atoms with van der Waals surface area (Å²) in [5.41, 5.74) is 0. The van der Waals surface area contributed by atoms with E-state index in [2.05, 4.69) is 34.2 Å². The van der Waals surface area contributed by atoms with Gasteiger partial charge in [0.15, 0.2) is 0 Å². The van der Waals surface area contributed by atoms with Crippen LogP contribution >= 0.6 is 0 Å². The van der Waals surface area contributed by atoms with Crippen LogP contribution in [0.2, 0.25) is 0 Å². The van der Waals surface area contributed by atoms with Gasteiger partial charge in [-0.1, -0.05) is 26.2 Å². The minimum absolute atomic E-state index is 0.827. The molecule has 19 heavy (non-hydrogen) atoms. The van der Waals surface area contributed by atoms with E-state index in [4.69, 9.17) is 0 Å². The predicted molar refractivity (Wildman–Crippen MR) is 80.7 cm³/mol. The first-order valence-electron chi connectivity index (χ1n) is 7.56. The Balaban J connectivity index is 1.91. The fourth-order valence-electron chi connectivity index (χ4n) is 2.73. The second kappa shape index (κ2) is 7.31. The molecule has 1 fully saturated rings. The maximum absolute atomic E-state index is 4.63. The van der Waals surface area contributed by atoms with Gasteiger partial charge >= 0.3 is 0 Å². The summed E-state index contributed by atoms with van der Waals surface area (Å²) in [6, 6.07) is 0. The average Bonchev–Trinajstić information content (AvgIpc) is 2.46. The third-order valence-corrected chi connectivity index (χ3v) is 3.83. The lowest BCUT2D eigenvalue weighted by Gasteiger charge is -2.27. The van der Waals surface area contributed by atoms with Gasteiger partial charge in [-0.05, 0) is 25.2 Å². The van der Waals surface area contributed by atoms with Crippen LogP contribution < -0.4 is 10.2 Å². The smallest absolute Gasteiger partial charge is 0.149 e. The maximum atomic E-state index is 4.63. The number of rotatable bonds is 6. The second-order valence-corrected chi connectivity index (χ2v) is 5.57. The molecule has 1 saturated carbocycles. The quantitative estimate of drug-likeness (QED) is 0.854. The average molecular weight is 262 g/mol. The number of aromatic nitrogens is 2. The van der Waals surface area contributed by atoms with Crippen molar-refractivity contribution >= 4 is 11.6 Å². The Labute approximate surface area is 116 Å². The van der Waals surface area contributed by atoms with Crippen LogP contribution in [0.5, 0.6) is 0 Å². The molecular formula is C15H26N4. The molecule has 0 amide bonds. The number of nitrogens with one attached hydrogen (secondary N) is 1. The Morgan fingerprint density at radius 3 is 2.79 bits per heavy atom. The van der Waals surface area contributed by atoms with Crippen LogP contribution in [0.1, 0.15) is 45.4 Å². The van der Waals surface area contributed by atoms with Crippen LogP contribution in [0.25, 0.3) is 0 Å². The summed E-state index contributed by atoms with van der Waals surface area (Å²) in [5, 5.41) is 3.29. The molecule has 0 aromatic carbocycles. The molecule has 1 aliphatic rings. The fraction of sp³-hybridized carbons (Fsp3) is 0.733. The van der Waals surface area contributed by atoms with Crippen molar-refractivity contribution in [3.05, 3.63) is 12.4 Å². The van der Waals surface area contributed by atoms with Gasteiger partial charge in [0, 0.05) is 20.1 Å². The minimum atomic E-state index is 0.827. The van der Waals surface area contributed by atoms with E-state index in [0.717, 1.165) is 37.1 Å². The summed E-state index contributed by atoms with van der Waals surface area (Å²) < 4.78 is 0. The first-order valence-corrected chi connectivity index (χ1v) is 7.56. The molecule has 0 bridgehead atoms. The molecule has 1 aromatic rings. The molecule has 106 valence electrons. The molecule has 2 rings (SSSR count). The Morgan fingerprint density at radius 2 is 2.05 bits per heavy atom. The van der Waals surface area contributed by atoms with E-state index in [1.54, 1.807) is 6.20 Å². The van der Waals surface area contributed by atoms with E-state index in [-0.39, 0.29) is 0 Å². The number of hydrogen-bond acceptors (Lipinski definition) is 4. The highest BCUT2D eigenvalue weighted by atomic mass is 15.2. The van der Waals surface area contributed by atoms with Crippen molar-refractivity contribution in [1.29, 1.82) is 0 Å². The van der Waals surface area contributed by atoms with Crippen LogP contribution in [0, 0.1) is 5.92 Å². The lowest BCUT2D eigenvalue weighted by molar-refractivity contribution is 0.361. The highest BCUT2D eigenvalue weighted by Gasteiger charge is 2.16. The van der Waals surface area contributed by atoms with Crippen LogP contribution in [-0.2, 0) is 0 Å². The maximum Gasteiger partial charge on any atom is 0.149 e. The van der Waals surface area contributed by atoms with E-state index in [1.165, 1.54) is 32.1 Å². The van der Waals surface area contributed by atoms with Crippen molar-refractivity contribution in [2.45, 2.75) is 45.4 Å². The Morgan fingerprint density at radius 1 is 1.26 bits per heavy atom. The van der Waals surface area contributed by atoms with E-state index < -0.39 is 0 Å². The molecule has 1 N–H and O–H groups in total. The van der Waals surface area contributed by atoms with Gasteiger partial charge in [-0.25, -0.2) is 4.98 Å². The highest BCUT2D eigenvalue weighted by Crippen LogP contribution is 2.25. The van der Waals surface area contributed by atoms with Gasteiger partial charge in [0.2, 0.25) is 0 Å². The molecule has 0 spiro atoms. The first-order chi connectivity index (χ1) is 9.29. The van der Waals surface area contributed by atoms with Crippen molar-refractivity contribution in [3.8, 4) is 0 Å². The second-order valence-electron chi connectivity index (χ2n) is 5.57. The van der Waals surface area contributed by atoms with E-state index in [9.17, 15) is 0 Å². The Bertz CT molecular complexity index is 374. The topological polar surface area (TPSA) is 41.1 Å². The molecule has 0 atom stereocenters. The zero-order valence-corrected chi connectivity index (χ0v) is 12.2. The number of hydrogen-bond donors (Lipinski definition) is 1. The summed E-state index contributed by atoms with van der Waals surface area (Å²) >= 11 is 0. The monoisotopic (exact) mass is 262 g/mol. The molecule has 0 saturated heterocycles. The van der Waals surface area contributed by atoms with Crippen molar-refractivity contribution in [2.75, 3.05) is 30.4 Å². The van der Waals surface area contributed by atoms with Gasteiger partial charge in [-0.15, -0.1) is 0 Å². The van der Waals surface area contributed by atoms with Crippen molar-refractivity contribution < 1.29 is 0 Å². The van der Waals surface area contributed by atoms with Gasteiger partial charge < -0.3 is 10.2 Å². The van der Waals surface area contributed by atoms with Gasteiger partial charge in [0.1, 0.15) is 11.6 Å². The molecule has 1 aliphatic carbocycles. The van der Waals surface area contributed by atoms with Crippen molar-refractivity contribution in [2.24, 2.45) is 5.92 Å². The van der Waals surface area contributed by atoms with Crippen LogP contribution in [0.3, 0.4) is 0 Å². The molecule has 4 nitrogen and oxygen atoms in total. The molecule has 0 unspecified atom stereocenters. The predicted octanol–water partition coefficient (Wildman–Crippen LogP) is 3.32. The number of anilines is 2. The fourth-order valence-corrected chi connectivity index (χ4v) is 2.73. The molecule has 1 heterocycles. The van der Waals surface area contributed by atoms with Crippen molar-refractivity contribution in [3.63, 3.8) is 0 Å². The third-order valence-electron chi connectivity index (χ3n) is 3.83. The normalized spacial score (nSPS) is 16.3. The molecule has 4 heteroatoms. The Kier molecular flexibility index (Phi) is 5.43. The van der Waals surface area contributed by atoms with E-state index in [0.29, 0.717) is 0 Å². The minimum Gasteiger partial charge on any atom is -0.369 e. The Hall–Kier alpha value is -1.32. The summed E-state index contributed by atoms with van der Waals surface area (Å²) in [6.45, 7) is 4.20. The summed E-state index contributed by atoms with van der Waals surface area (Å²) in [4.78, 5) is 11.2. The largest absolute Gasteiger partial charge is 0.369 e. The molecular weight excluding hydrogens is 236 g/mol. The van der Waals surface area contributed by atoms with Crippen LogP contribution in [0.4, 0.5) is 11.6 Å². The SMILES string of the molecule is CCCNc1cncc(N(C)CC2CCCCC2)n1. The van der Waals surface area contributed by atoms with Gasteiger partial charge in [0.05, 0.1) is 12.4 Å². The van der Waals surface area contributed by atoms with Crippen LogP contribution in [0.15, 0.2) is 12.4 Å². The number of nitrogens with zero attached hydrogens (tertiary/aromatic N) is 3. The third kappa shape index (κ3) is 4.37. The van der Waals surface area contributed by atoms with Gasteiger partial charge in [-0.2, -0.15) is 0 Å². The summed E-state index contributed by atoms with van der Waals surface area (Å²) in [7, 11) is 2.13. The van der Waals surface area contributed by atoms with E-state index in [1.807, 2.05) is 6.20 Å². The first kappa shape index (κ1) is 14.1. The van der Waals surface area contributed by atoms with E-state index >= 15 is 0 Å². The van der Waals surface area contributed by atoms with Crippen molar-refractivity contribution in [1.82, 2.24) is 9.97 Å². The zero-order valence-electron chi connectivity index (χ0n) is 12.2. The lowest BCUT2D eigenvalue weighted by atomic mass is 9.89. The summed E-state index contributed by atoms with van der Waals surface area (Å²) in [5.74, 6) is 2.69. The van der Waals surface area contributed by atoms with Gasteiger partial charge in [-0.3, -0.25) is 4.98 Å². The summed E-state index contributed by atoms with van der Waals surface area (Å²) in [6.07, 6.45) is 11.7. The lowest BCUT2D eigenvalue weighted by Crippen LogP contribution is -2.27. The highest BCUT2D eigenvalue weighted by molar-refractivity contribution is 5.43. The zero-order chi connectivity index (χ0) is 13.5. The standard InChI is InChI=1S/C15H26N4/c1-3-9-17-14-10-16-11-15(18-14)19(2)12-13-7-5-4-6-8-13/h10-11,13H,3-9,12H2,1-2H3,(H,17,18). The van der Waals surface area contributed by atoms with Crippen LogP contribution in [-0.4, -0.2) is 30.1 Å². The molecule has 0 radical (unpaired) electrons. The molecule has 0 aliphatic heterocycles. The van der Waals surface area contributed by atoms with Gasteiger partial charge in [0.25, 0.3) is 0 Å². The molecule has 1 aromatic heterocycles.